The molecule has 2 unspecified atom stereocenters. The number of halogens is 1. The maximum atomic E-state index is 13.1. The lowest BCUT2D eigenvalue weighted by molar-refractivity contribution is -0.141. The number of fused-ring (bicyclic) bond motifs is 1. The van der Waals surface area contributed by atoms with Crippen molar-refractivity contribution in [2.45, 2.75) is 31.5 Å². The van der Waals surface area contributed by atoms with Crippen LogP contribution in [0.2, 0.25) is 5.02 Å². The summed E-state index contributed by atoms with van der Waals surface area (Å²) in [5.41, 5.74) is 2.80. The number of likely N-dealkylation sites (tertiary alicyclic amines) is 1. The average molecular weight is 448 g/mol. The summed E-state index contributed by atoms with van der Waals surface area (Å²) in [4.78, 5) is 41.3. The normalized spacial score (nSPS) is 21.3. The van der Waals surface area contributed by atoms with Crippen LogP contribution in [0.15, 0.2) is 29.6 Å². The number of carboxylic acids is 1. The molecule has 7 nitrogen and oxygen atoms in total. The fourth-order valence-electron chi connectivity index (χ4n) is 4.10. The van der Waals surface area contributed by atoms with Crippen molar-refractivity contribution in [3.63, 3.8) is 0 Å². The Labute approximate surface area is 183 Å². The molecule has 0 saturated carbocycles. The molecule has 1 aromatic carbocycles. The molecule has 9 heteroatoms. The van der Waals surface area contributed by atoms with Gasteiger partial charge in [0.05, 0.1) is 5.02 Å². The van der Waals surface area contributed by atoms with Crippen molar-refractivity contribution in [3.05, 3.63) is 56.2 Å². The van der Waals surface area contributed by atoms with E-state index >= 15 is 0 Å². The number of hydrogen-bond acceptors (Lipinski definition) is 5. The Balaban J connectivity index is 1.51. The molecule has 1 aromatic heterocycles. The monoisotopic (exact) mass is 447 g/mol. The van der Waals surface area contributed by atoms with Crippen molar-refractivity contribution in [2.75, 3.05) is 20.1 Å². The number of carbonyl (C=O) groups is 3. The van der Waals surface area contributed by atoms with E-state index in [-0.39, 0.29) is 24.8 Å². The summed E-state index contributed by atoms with van der Waals surface area (Å²) in [5.74, 6) is -1.75. The molecule has 2 amide bonds. The number of amides is 2. The molecule has 0 aliphatic carbocycles. The first-order chi connectivity index (χ1) is 14.3. The minimum Gasteiger partial charge on any atom is -0.480 e. The summed E-state index contributed by atoms with van der Waals surface area (Å²) in [6.45, 7) is 1.90. The maximum Gasteiger partial charge on any atom is 0.326 e. The molecule has 2 aromatic rings. The zero-order chi connectivity index (χ0) is 21.4. The predicted molar refractivity (Wildman–Crippen MR) is 114 cm³/mol. The maximum absolute atomic E-state index is 13.1. The molecule has 2 atom stereocenters. The third kappa shape index (κ3) is 4.08. The van der Waals surface area contributed by atoms with E-state index in [9.17, 15) is 19.5 Å². The second-order valence-electron chi connectivity index (χ2n) is 7.79. The van der Waals surface area contributed by atoms with Gasteiger partial charge in [-0.3, -0.25) is 9.59 Å². The van der Waals surface area contributed by atoms with E-state index in [1.807, 2.05) is 12.1 Å². The number of nitrogens with zero attached hydrogens (tertiary/aromatic N) is 2. The van der Waals surface area contributed by atoms with Gasteiger partial charge in [0.1, 0.15) is 10.9 Å². The fraction of sp³-hybridized carbons (Fsp3) is 0.381. The van der Waals surface area contributed by atoms with Gasteiger partial charge in [-0.1, -0.05) is 17.7 Å². The summed E-state index contributed by atoms with van der Waals surface area (Å²) in [7, 11) is 2.06. The zero-order valence-corrected chi connectivity index (χ0v) is 18.0. The van der Waals surface area contributed by atoms with Crippen LogP contribution in [0.25, 0.3) is 0 Å². The Kier molecular flexibility index (Phi) is 5.81. The number of rotatable bonds is 4. The second kappa shape index (κ2) is 8.37. The van der Waals surface area contributed by atoms with Crippen LogP contribution in [0.3, 0.4) is 0 Å². The third-order valence-electron chi connectivity index (χ3n) is 5.66. The molecule has 1 fully saturated rings. The number of likely N-dealkylation sites (N-methyl/N-ethyl adjacent to an activating group) is 1. The number of aliphatic carboxylic acids is 1. The van der Waals surface area contributed by atoms with Crippen molar-refractivity contribution < 1.29 is 19.5 Å². The van der Waals surface area contributed by atoms with Crippen LogP contribution in [0.4, 0.5) is 0 Å². The van der Waals surface area contributed by atoms with Gasteiger partial charge in [-0.25, -0.2) is 4.79 Å². The number of hydrogen-bond donors (Lipinski definition) is 2. The largest absolute Gasteiger partial charge is 0.480 e. The van der Waals surface area contributed by atoms with Gasteiger partial charge in [-0.15, -0.1) is 11.3 Å². The topological polar surface area (TPSA) is 90.0 Å². The summed E-state index contributed by atoms with van der Waals surface area (Å²) < 4.78 is 0. The van der Waals surface area contributed by atoms with Crippen molar-refractivity contribution in [3.8, 4) is 0 Å². The first-order valence-electron chi connectivity index (χ1n) is 9.71. The van der Waals surface area contributed by atoms with Gasteiger partial charge in [0.15, 0.2) is 0 Å². The molecule has 0 radical (unpaired) electrons. The molecule has 2 N–H and O–H groups in total. The second-order valence-corrected chi connectivity index (χ2v) is 9.11. The fourth-order valence-corrected chi connectivity index (χ4v) is 5.14. The minimum absolute atomic E-state index is 0.143. The summed E-state index contributed by atoms with van der Waals surface area (Å²) in [6.07, 6.45) is 1.01. The highest BCUT2D eigenvalue weighted by atomic mass is 35.5. The van der Waals surface area contributed by atoms with E-state index < -0.39 is 18.1 Å². The molecule has 1 saturated heterocycles. The Morgan fingerprint density at radius 1 is 1.23 bits per heavy atom. The zero-order valence-electron chi connectivity index (χ0n) is 16.4. The molecule has 3 heterocycles. The molecule has 0 spiro atoms. The average Bonchev–Trinajstić information content (AvgIpc) is 3.33. The van der Waals surface area contributed by atoms with Crippen molar-refractivity contribution >= 4 is 40.7 Å². The standard InChI is InChI=1S/C21H22ClN3O4S/c1-24-6-4-12-8-13(2-3-14(12)10-24)20(27)25-11-15(9-17(25)21(28)29)23-19(26)18-16(22)5-7-30-18/h2-3,5,7-8,15,17H,4,6,9-11H2,1H3,(H,23,26)(H,28,29). The van der Waals surface area contributed by atoms with E-state index in [1.54, 1.807) is 17.5 Å². The van der Waals surface area contributed by atoms with Crippen LogP contribution in [0.5, 0.6) is 0 Å². The highest BCUT2D eigenvalue weighted by molar-refractivity contribution is 7.12. The highest BCUT2D eigenvalue weighted by Crippen LogP contribution is 2.26. The number of thiophene rings is 1. The first-order valence-corrected chi connectivity index (χ1v) is 11.0. The van der Waals surface area contributed by atoms with Crippen LogP contribution in [0.1, 0.15) is 37.6 Å². The number of benzene rings is 1. The molecule has 30 heavy (non-hydrogen) atoms. The van der Waals surface area contributed by atoms with Crippen LogP contribution in [-0.2, 0) is 17.8 Å². The van der Waals surface area contributed by atoms with E-state index in [2.05, 4.69) is 17.3 Å². The van der Waals surface area contributed by atoms with Crippen LogP contribution >= 0.6 is 22.9 Å². The molecule has 158 valence electrons. The lowest BCUT2D eigenvalue weighted by Crippen LogP contribution is -2.41. The molecule has 2 aliphatic heterocycles. The molecular formula is C21H22ClN3O4S. The Morgan fingerprint density at radius 3 is 2.73 bits per heavy atom. The number of nitrogens with one attached hydrogen (secondary N) is 1. The van der Waals surface area contributed by atoms with E-state index in [4.69, 9.17) is 11.6 Å². The van der Waals surface area contributed by atoms with Gasteiger partial charge in [0, 0.05) is 37.7 Å². The van der Waals surface area contributed by atoms with Gasteiger partial charge in [-0.2, -0.15) is 0 Å². The third-order valence-corrected chi connectivity index (χ3v) is 7.00. The van der Waals surface area contributed by atoms with E-state index in [1.165, 1.54) is 21.8 Å². The van der Waals surface area contributed by atoms with E-state index in [0.29, 0.717) is 15.5 Å². The van der Waals surface area contributed by atoms with Crippen LogP contribution in [-0.4, -0.2) is 64.9 Å². The Morgan fingerprint density at radius 2 is 2.03 bits per heavy atom. The molecule has 2 aliphatic rings. The van der Waals surface area contributed by atoms with Gasteiger partial charge < -0.3 is 20.2 Å². The number of carbonyl (C=O) groups excluding carboxylic acids is 2. The van der Waals surface area contributed by atoms with Crippen molar-refractivity contribution in [1.82, 2.24) is 15.1 Å². The van der Waals surface area contributed by atoms with Gasteiger partial charge in [-0.05, 0) is 48.2 Å². The van der Waals surface area contributed by atoms with Crippen molar-refractivity contribution in [1.29, 1.82) is 0 Å². The smallest absolute Gasteiger partial charge is 0.326 e. The van der Waals surface area contributed by atoms with E-state index in [0.717, 1.165) is 25.1 Å². The molecular weight excluding hydrogens is 426 g/mol. The Bertz CT molecular complexity index is 1010. The van der Waals surface area contributed by atoms with Crippen LogP contribution in [0, 0.1) is 0 Å². The quantitative estimate of drug-likeness (QED) is 0.751. The SMILES string of the molecule is CN1CCc2cc(C(=O)N3CC(NC(=O)c4sccc4Cl)CC3C(=O)O)ccc2C1. The lowest BCUT2D eigenvalue weighted by Gasteiger charge is -2.26. The van der Waals surface area contributed by atoms with Crippen molar-refractivity contribution in [2.24, 2.45) is 0 Å². The Hall–Kier alpha value is -2.42. The molecule has 0 bridgehead atoms. The molecule has 4 rings (SSSR count). The van der Waals surface area contributed by atoms with Gasteiger partial charge in [0.25, 0.3) is 11.8 Å². The lowest BCUT2D eigenvalue weighted by atomic mass is 9.97. The minimum atomic E-state index is -1.08. The van der Waals surface area contributed by atoms with Gasteiger partial charge >= 0.3 is 5.97 Å². The highest BCUT2D eigenvalue weighted by Gasteiger charge is 2.41. The van der Waals surface area contributed by atoms with Crippen LogP contribution < -0.4 is 5.32 Å². The van der Waals surface area contributed by atoms with Gasteiger partial charge in [0.2, 0.25) is 0 Å². The first kappa shape index (κ1) is 20.8. The number of carboxylic acid groups (broad SMARTS) is 1. The summed E-state index contributed by atoms with van der Waals surface area (Å²) in [6, 6.07) is 5.79. The predicted octanol–water partition coefficient (Wildman–Crippen LogP) is 2.49. The summed E-state index contributed by atoms with van der Waals surface area (Å²) >= 11 is 7.23. The summed E-state index contributed by atoms with van der Waals surface area (Å²) in [5, 5.41) is 14.5.